The smallest absolute Gasteiger partial charge is 0.349 e. The SMILES string of the molecule is Cc1cc2nc3c(=O)[nH]c(=O)nc-3n(C[C@H](O)[C@H](O)CCO)c2cc1NCCN1CCN(C)CC1. The van der Waals surface area contributed by atoms with Gasteiger partial charge in [0.25, 0.3) is 5.56 Å². The molecule has 1 saturated heterocycles. The van der Waals surface area contributed by atoms with Crippen LogP contribution in [0.5, 0.6) is 0 Å². The van der Waals surface area contributed by atoms with Crippen LogP contribution in [0.15, 0.2) is 21.7 Å². The fourth-order valence-corrected chi connectivity index (χ4v) is 4.37. The van der Waals surface area contributed by atoms with Crippen LogP contribution in [0.3, 0.4) is 0 Å². The Morgan fingerprint density at radius 1 is 1.11 bits per heavy atom. The molecule has 0 bridgehead atoms. The van der Waals surface area contributed by atoms with E-state index in [0.29, 0.717) is 11.0 Å². The zero-order chi connectivity index (χ0) is 25.1. The maximum Gasteiger partial charge on any atom is 0.349 e. The third kappa shape index (κ3) is 5.68. The molecule has 1 aromatic rings. The Balaban J connectivity index is 1.70. The molecule has 12 heteroatoms. The second-order valence-corrected chi connectivity index (χ2v) is 9.14. The lowest BCUT2D eigenvalue weighted by atomic mass is 10.1. The quantitative estimate of drug-likeness (QED) is 0.229. The molecule has 5 N–H and O–H groups in total. The standard InChI is InChI=1S/C23H33N7O5/c1-14-11-16-17(12-15(14)24-4-5-29-8-6-28(2)7-9-29)30(13-19(33)18(32)3-10-31)21-20(25-16)22(34)27-23(35)26-21/h11-12,18-19,24,31-33H,3-10,13H2,1-2H3,(H,27,34,35)/t18-,19+/m1/s1. The number of rotatable bonds is 9. The van der Waals surface area contributed by atoms with E-state index >= 15 is 0 Å². The summed E-state index contributed by atoms with van der Waals surface area (Å²) < 4.78 is 1.53. The van der Waals surface area contributed by atoms with Crippen LogP contribution >= 0.6 is 0 Å². The summed E-state index contributed by atoms with van der Waals surface area (Å²) in [5, 5.41) is 33.3. The first kappa shape index (κ1) is 25.2. The van der Waals surface area contributed by atoms with E-state index in [-0.39, 0.29) is 31.1 Å². The van der Waals surface area contributed by atoms with Crippen LogP contribution in [0, 0.1) is 6.92 Å². The van der Waals surface area contributed by atoms with Crippen LogP contribution < -0.4 is 16.6 Å². The van der Waals surface area contributed by atoms with Crippen LogP contribution in [0.2, 0.25) is 0 Å². The van der Waals surface area contributed by atoms with Crippen molar-refractivity contribution in [1.29, 1.82) is 0 Å². The third-order valence-corrected chi connectivity index (χ3v) is 6.53. The molecule has 3 heterocycles. The highest BCUT2D eigenvalue weighted by molar-refractivity contribution is 5.84. The van der Waals surface area contributed by atoms with E-state index in [9.17, 15) is 19.8 Å². The van der Waals surface area contributed by atoms with Gasteiger partial charge >= 0.3 is 5.69 Å². The number of hydrogen-bond donors (Lipinski definition) is 5. The Labute approximate surface area is 202 Å². The van der Waals surface area contributed by atoms with E-state index in [4.69, 9.17) is 5.11 Å². The maximum atomic E-state index is 12.4. The molecule has 12 nitrogen and oxygen atoms in total. The number of aliphatic hydroxyl groups is 3. The second-order valence-electron chi connectivity index (χ2n) is 9.14. The Morgan fingerprint density at radius 3 is 2.57 bits per heavy atom. The number of fused-ring (bicyclic) bond motifs is 2. The third-order valence-electron chi connectivity index (χ3n) is 6.53. The van der Waals surface area contributed by atoms with Gasteiger partial charge in [-0.05, 0) is 38.1 Å². The Kier molecular flexibility index (Phi) is 7.77. The minimum absolute atomic E-state index is 0.0122. The summed E-state index contributed by atoms with van der Waals surface area (Å²) in [7, 11) is 2.12. The van der Waals surface area contributed by atoms with E-state index in [1.54, 1.807) is 0 Å². The topological polar surface area (TPSA) is 160 Å². The number of aromatic nitrogens is 4. The zero-order valence-corrected chi connectivity index (χ0v) is 20.1. The van der Waals surface area contributed by atoms with Gasteiger partial charge in [0.1, 0.15) is 0 Å². The van der Waals surface area contributed by atoms with Gasteiger partial charge in [0.15, 0.2) is 11.5 Å². The summed E-state index contributed by atoms with van der Waals surface area (Å²) in [4.78, 5) is 39.6. The molecule has 35 heavy (non-hydrogen) atoms. The van der Waals surface area contributed by atoms with Crippen molar-refractivity contribution in [3.63, 3.8) is 0 Å². The molecule has 1 aromatic carbocycles. The summed E-state index contributed by atoms with van der Waals surface area (Å²) in [6, 6.07) is 3.70. The molecule has 0 aromatic heterocycles. The number of aliphatic hydroxyl groups excluding tert-OH is 3. The van der Waals surface area contributed by atoms with Crippen molar-refractivity contribution < 1.29 is 15.3 Å². The van der Waals surface area contributed by atoms with Crippen LogP contribution in [0.25, 0.3) is 22.6 Å². The average Bonchev–Trinajstić information content (AvgIpc) is 2.81. The summed E-state index contributed by atoms with van der Waals surface area (Å²) in [6.45, 7) is 7.28. The van der Waals surface area contributed by atoms with Gasteiger partial charge < -0.3 is 30.1 Å². The van der Waals surface area contributed by atoms with Crippen molar-refractivity contribution in [3.8, 4) is 11.5 Å². The molecule has 0 radical (unpaired) electrons. The maximum absolute atomic E-state index is 12.4. The molecule has 0 unspecified atom stereocenters. The lowest BCUT2D eigenvalue weighted by molar-refractivity contribution is -0.00282. The van der Waals surface area contributed by atoms with Crippen LogP contribution in [-0.2, 0) is 6.54 Å². The van der Waals surface area contributed by atoms with Crippen molar-refractivity contribution in [2.75, 3.05) is 58.2 Å². The first-order valence-corrected chi connectivity index (χ1v) is 11.8. The van der Waals surface area contributed by atoms with Crippen LogP contribution in [-0.4, -0.2) is 110 Å². The van der Waals surface area contributed by atoms with E-state index in [0.717, 1.165) is 50.5 Å². The number of piperazine rings is 1. The molecule has 0 saturated carbocycles. The van der Waals surface area contributed by atoms with Gasteiger partial charge in [-0.1, -0.05) is 0 Å². The van der Waals surface area contributed by atoms with Gasteiger partial charge in [0.05, 0.1) is 29.8 Å². The predicted molar refractivity (Wildman–Crippen MR) is 132 cm³/mol. The highest BCUT2D eigenvalue weighted by atomic mass is 16.3. The molecule has 2 atom stereocenters. The van der Waals surface area contributed by atoms with Crippen molar-refractivity contribution in [3.05, 3.63) is 38.5 Å². The van der Waals surface area contributed by atoms with E-state index < -0.39 is 23.5 Å². The fraction of sp³-hybridized carbons (Fsp3) is 0.565. The summed E-state index contributed by atoms with van der Waals surface area (Å²) in [6.07, 6.45) is -2.46. The number of nitrogens with zero attached hydrogens (tertiary/aromatic N) is 5. The number of anilines is 1. The van der Waals surface area contributed by atoms with Crippen LogP contribution in [0.4, 0.5) is 5.69 Å². The Bertz CT molecular complexity index is 1250. The predicted octanol–water partition coefficient (Wildman–Crippen LogP) is -1.34. The highest BCUT2D eigenvalue weighted by Crippen LogP contribution is 2.27. The van der Waals surface area contributed by atoms with Crippen molar-refractivity contribution in [1.82, 2.24) is 29.3 Å². The van der Waals surface area contributed by atoms with Gasteiger partial charge in [-0.3, -0.25) is 14.7 Å². The number of benzene rings is 1. The molecule has 3 aliphatic heterocycles. The average molecular weight is 488 g/mol. The number of nitrogens with one attached hydrogen (secondary N) is 2. The molecular weight excluding hydrogens is 454 g/mol. The van der Waals surface area contributed by atoms with E-state index in [1.165, 1.54) is 4.57 Å². The van der Waals surface area contributed by atoms with Gasteiger partial charge in [-0.25, -0.2) is 9.78 Å². The molecule has 0 spiro atoms. The lowest BCUT2D eigenvalue weighted by Gasteiger charge is -2.32. The minimum atomic E-state index is -1.26. The summed E-state index contributed by atoms with van der Waals surface area (Å²) in [5.41, 5.74) is 1.32. The number of hydrogen-bond acceptors (Lipinski definition) is 10. The van der Waals surface area contributed by atoms with Crippen molar-refractivity contribution in [2.24, 2.45) is 0 Å². The zero-order valence-electron chi connectivity index (χ0n) is 20.1. The minimum Gasteiger partial charge on any atom is -0.396 e. The fourth-order valence-electron chi connectivity index (χ4n) is 4.37. The number of H-pyrrole nitrogens is 1. The molecule has 0 amide bonds. The highest BCUT2D eigenvalue weighted by Gasteiger charge is 2.24. The summed E-state index contributed by atoms with van der Waals surface area (Å²) >= 11 is 0. The normalized spacial score (nSPS) is 17.2. The first-order chi connectivity index (χ1) is 16.8. The van der Waals surface area contributed by atoms with Crippen molar-refractivity contribution in [2.45, 2.75) is 32.1 Å². The molecular formula is C23H33N7O5. The Hall–Kier alpha value is -2.90. The first-order valence-electron chi connectivity index (χ1n) is 11.8. The monoisotopic (exact) mass is 487 g/mol. The van der Waals surface area contributed by atoms with Gasteiger partial charge in [0.2, 0.25) is 0 Å². The summed E-state index contributed by atoms with van der Waals surface area (Å²) in [5.74, 6) is 0.0220. The molecule has 4 rings (SSSR count). The Morgan fingerprint density at radius 2 is 1.86 bits per heavy atom. The van der Waals surface area contributed by atoms with Gasteiger partial charge in [-0.15, -0.1) is 0 Å². The largest absolute Gasteiger partial charge is 0.396 e. The number of aryl methyl sites for hydroxylation is 1. The lowest BCUT2D eigenvalue weighted by Crippen LogP contribution is -2.45. The molecule has 0 aliphatic carbocycles. The van der Waals surface area contributed by atoms with E-state index in [2.05, 4.69) is 37.1 Å². The second kappa shape index (κ2) is 10.8. The molecule has 190 valence electrons. The number of aromatic amines is 1. The van der Waals surface area contributed by atoms with E-state index in [1.807, 2.05) is 19.1 Å². The molecule has 3 aliphatic rings. The van der Waals surface area contributed by atoms with Gasteiger partial charge in [0, 0.05) is 51.6 Å². The number of likely N-dealkylation sites (N-methyl/N-ethyl adjacent to an activating group) is 1. The van der Waals surface area contributed by atoms with Crippen LogP contribution in [0.1, 0.15) is 12.0 Å². The molecule has 1 fully saturated rings. The van der Waals surface area contributed by atoms with Crippen molar-refractivity contribution >= 4 is 16.7 Å². The van der Waals surface area contributed by atoms with Gasteiger partial charge in [-0.2, -0.15) is 4.98 Å².